The lowest BCUT2D eigenvalue weighted by Gasteiger charge is -2.14. The summed E-state index contributed by atoms with van der Waals surface area (Å²) in [5.41, 5.74) is 1.76. The lowest BCUT2D eigenvalue weighted by atomic mass is 10.0. The molecule has 8 heteroatoms. The maximum atomic E-state index is 12.2. The number of carbonyl (C=O) groups excluding carboxylic acids is 2. The van der Waals surface area contributed by atoms with Crippen molar-refractivity contribution in [3.63, 3.8) is 0 Å². The molecule has 0 aliphatic rings. The van der Waals surface area contributed by atoms with Gasteiger partial charge in [0, 0.05) is 12.2 Å². The maximum Gasteiger partial charge on any atom is 0.307 e. The summed E-state index contributed by atoms with van der Waals surface area (Å²) in [6.45, 7) is 5.50. The van der Waals surface area contributed by atoms with E-state index in [1.54, 1.807) is 30.3 Å². The van der Waals surface area contributed by atoms with Crippen LogP contribution in [0.15, 0.2) is 59.5 Å². The molecule has 0 saturated heterocycles. The van der Waals surface area contributed by atoms with Crippen LogP contribution in [0.5, 0.6) is 0 Å². The van der Waals surface area contributed by atoms with E-state index in [0.29, 0.717) is 11.6 Å². The first-order valence-electron chi connectivity index (χ1n) is 9.34. The van der Waals surface area contributed by atoms with E-state index in [4.69, 9.17) is 4.74 Å². The van der Waals surface area contributed by atoms with Gasteiger partial charge < -0.3 is 10.1 Å². The van der Waals surface area contributed by atoms with Gasteiger partial charge in [0.25, 0.3) is 5.91 Å². The van der Waals surface area contributed by atoms with Gasteiger partial charge in [0.1, 0.15) is 0 Å². The number of sulfonamides is 1. The van der Waals surface area contributed by atoms with Gasteiger partial charge >= 0.3 is 5.97 Å². The molecule has 2 rings (SSSR count). The van der Waals surface area contributed by atoms with E-state index >= 15 is 0 Å². The minimum Gasteiger partial charge on any atom is -0.452 e. The van der Waals surface area contributed by atoms with Gasteiger partial charge in [0.05, 0.1) is 11.3 Å². The van der Waals surface area contributed by atoms with Gasteiger partial charge in [-0.25, -0.2) is 13.1 Å². The Morgan fingerprint density at radius 3 is 2.17 bits per heavy atom. The number of hydrogen-bond acceptors (Lipinski definition) is 5. The van der Waals surface area contributed by atoms with Crippen molar-refractivity contribution < 1.29 is 22.7 Å². The number of hydrogen-bond donors (Lipinski definition) is 2. The fraction of sp³-hybridized carbons (Fsp3) is 0.333. The second-order valence-electron chi connectivity index (χ2n) is 6.86. The third kappa shape index (κ3) is 6.99. The fourth-order valence-corrected chi connectivity index (χ4v) is 3.53. The minimum absolute atomic E-state index is 0.115. The number of rotatable bonds is 9. The highest BCUT2D eigenvalue weighted by molar-refractivity contribution is 7.89. The van der Waals surface area contributed by atoms with Crippen LogP contribution in [-0.4, -0.2) is 32.9 Å². The molecule has 1 atom stereocenters. The zero-order chi connectivity index (χ0) is 21.4. The third-order valence-electron chi connectivity index (χ3n) is 4.20. The Hall–Kier alpha value is -2.71. The van der Waals surface area contributed by atoms with Crippen LogP contribution in [0.3, 0.4) is 0 Å². The van der Waals surface area contributed by atoms with E-state index in [1.807, 2.05) is 12.1 Å². The van der Waals surface area contributed by atoms with E-state index < -0.39 is 28.0 Å². The molecule has 0 aromatic heterocycles. The Kier molecular flexibility index (Phi) is 7.92. The predicted octanol–water partition coefficient (Wildman–Crippen LogP) is 3.05. The van der Waals surface area contributed by atoms with Gasteiger partial charge in [-0.05, 0) is 42.7 Å². The van der Waals surface area contributed by atoms with Crippen LogP contribution in [-0.2, 0) is 24.3 Å². The average Bonchev–Trinajstić information content (AvgIpc) is 2.68. The van der Waals surface area contributed by atoms with Crippen molar-refractivity contribution in [1.82, 2.24) is 4.72 Å². The Labute approximate surface area is 171 Å². The molecule has 29 heavy (non-hydrogen) atoms. The molecular formula is C21H26N2O5S. The highest BCUT2D eigenvalue weighted by Crippen LogP contribution is 2.17. The number of carbonyl (C=O) groups is 2. The van der Waals surface area contributed by atoms with Crippen LogP contribution in [0.25, 0.3) is 0 Å². The lowest BCUT2D eigenvalue weighted by Crippen LogP contribution is -2.32. The molecule has 0 radical (unpaired) electrons. The largest absolute Gasteiger partial charge is 0.452 e. The third-order valence-corrected chi connectivity index (χ3v) is 5.67. The van der Waals surface area contributed by atoms with E-state index in [-0.39, 0.29) is 17.9 Å². The van der Waals surface area contributed by atoms with Crippen LogP contribution in [0.2, 0.25) is 0 Å². The van der Waals surface area contributed by atoms with Crippen molar-refractivity contribution in [2.45, 2.75) is 44.1 Å². The van der Waals surface area contributed by atoms with Gasteiger partial charge in [-0.1, -0.05) is 44.2 Å². The summed E-state index contributed by atoms with van der Waals surface area (Å²) in [5, 5.41) is 2.69. The number of amides is 1. The average molecular weight is 419 g/mol. The fourth-order valence-electron chi connectivity index (χ4n) is 2.48. The van der Waals surface area contributed by atoms with E-state index in [1.165, 1.54) is 19.1 Å². The summed E-state index contributed by atoms with van der Waals surface area (Å²) in [6, 6.07) is 15.3. The Bertz CT molecular complexity index is 925. The predicted molar refractivity (Wildman–Crippen MR) is 111 cm³/mol. The molecule has 156 valence electrons. The van der Waals surface area contributed by atoms with Gasteiger partial charge in [-0.15, -0.1) is 0 Å². The minimum atomic E-state index is -3.69. The van der Waals surface area contributed by atoms with Crippen molar-refractivity contribution >= 4 is 27.6 Å². The SMILES string of the molecule is CC(C)c1ccc(NC(=O)[C@H](C)OC(=O)CCNS(=O)(=O)c2ccccc2)cc1. The summed E-state index contributed by atoms with van der Waals surface area (Å²) in [6.07, 6.45) is -1.19. The zero-order valence-corrected chi connectivity index (χ0v) is 17.5. The van der Waals surface area contributed by atoms with E-state index in [0.717, 1.165) is 5.56 Å². The molecule has 2 N–H and O–H groups in total. The number of ether oxygens (including phenoxy) is 1. The monoisotopic (exact) mass is 418 g/mol. The van der Waals surface area contributed by atoms with Crippen molar-refractivity contribution in [3.8, 4) is 0 Å². The first kappa shape index (κ1) is 22.6. The van der Waals surface area contributed by atoms with Crippen LogP contribution >= 0.6 is 0 Å². The quantitative estimate of drug-likeness (QED) is 0.610. The molecule has 2 aromatic carbocycles. The molecule has 0 fully saturated rings. The second kappa shape index (κ2) is 10.2. The van der Waals surface area contributed by atoms with Crippen LogP contribution in [0.4, 0.5) is 5.69 Å². The molecule has 1 amide bonds. The highest BCUT2D eigenvalue weighted by atomic mass is 32.2. The maximum absolute atomic E-state index is 12.2. The Morgan fingerprint density at radius 1 is 0.966 bits per heavy atom. The van der Waals surface area contributed by atoms with Crippen molar-refractivity contribution in [2.75, 3.05) is 11.9 Å². The van der Waals surface area contributed by atoms with Crippen molar-refractivity contribution in [2.24, 2.45) is 0 Å². The summed E-state index contributed by atoms with van der Waals surface area (Å²) in [4.78, 5) is 24.2. The standard InChI is InChI=1S/C21H26N2O5S/c1-15(2)17-9-11-18(12-10-17)23-21(25)16(3)28-20(24)13-14-22-29(26,27)19-7-5-4-6-8-19/h4-12,15-16,22H,13-14H2,1-3H3,(H,23,25)/t16-/m0/s1. The number of benzene rings is 2. The van der Waals surface area contributed by atoms with Crippen molar-refractivity contribution in [3.05, 3.63) is 60.2 Å². The number of nitrogens with one attached hydrogen (secondary N) is 2. The van der Waals surface area contributed by atoms with Gasteiger partial charge in [0.15, 0.2) is 6.10 Å². The molecule has 0 heterocycles. The molecular weight excluding hydrogens is 392 g/mol. The van der Waals surface area contributed by atoms with Gasteiger partial charge in [-0.2, -0.15) is 0 Å². The topological polar surface area (TPSA) is 102 Å². The second-order valence-corrected chi connectivity index (χ2v) is 8.63. The zero-order valence-electron chi connectivity index (χ0n) is 16.7. The highest BCUT2D eigenvalue weighted by Gasteiger charge is 2.19. The number of esters is 1. The lowest BCUT2D eigenvalue weighted by molar-refractivity contribution is -0.152. The summed E-state index contributed by atoms with van der Waals surface area (Å²) >= 11 is 0. The summed E-state index contributed by atoms with van der Waals surface area (Å²) in [5.74, 6) is -0.738. The Morgan fingerprint density at radius 2 is 1.59 bits per heavy atom. The van der Waals surface area contributed by atoms with Gasteiger partial charge in [-0.3, -0.25) is 9.59 Å². The van der Waals surface area contributed by atoms with Crippen LogP contribution < -0.4 is 10.0 Å². The number of anilines is 1. The first-order valence-corrected chi connectivity index (χ1v) is 10.8. The molecule has 2 aromatic rings. The van der Waals surface area contributed by atoms with Gasteiger partial charge in [0.2, 0.25) is 10.0 Å². The normalized spacial score (nSPS) is 12.4. The molecule has 0 spiro atoms. The smallest absolute Gasteiger partial charge is 0.307 e. The molecule has 7 nitrogen and oxygen atoms in total. The molecule has 0 aliphatic carbocycles. The summed E-state index contributed by atoms with van der Waals surface area (Å²) < 4.78 is 31.6. The van der Waals surface area contributed by atoms with E-state index in [9.17, 15) is 18.0 Å². The summed E-state index contributed by atoms with van der Waals surface area (Å²) in [7, 11) is -3.69. The van der Waals surface area contributed by atoms with Crippen molar-refractivity contribution in [1.29, 1.82) is 0 Å². The molecule has 0 aliphatic heterocycles. The molecule has 0 bridgehead atoms. The van der Waals surface area contributed by atoms with Crippen LogP contribution in [0.1, 0.15) is 38.7 Å². The Balaban J connectivity index is 1.78. The molecule has 0 unspecified atom stereocenters. The van der Waals surface area contributed by atoms with E-state index in [2.05, 4.69) is 23.9 Å². The first-order chi connectivity index (χ1) is 13.7. The molecule has 0 saturated carbocycles. The van der Waals surface area contributed by atoms with Crippen LogP contribution in [0, 0.1) is 0 Å².